The molecule has 0 fully saturated rings. The van der Waals surface area contributed by atoms with Gasteiger partial charge in [0.25, 0.3) is 0 Å². The van der Waals surface area contributed by atoms with E-state index in [0.29, 0.717) is 4.90 Å². The van der Waals surface area contributed by atoms with E-state index in [1.807, 2.05) is 44.2 Å². The Labute approximate surface area is 134 Å². The Morgan fingerprint density at radius 2 is 1.71 bits per heavy atom. The predicted molar refractivity (Wildman–Crippen MR) is 88.8 cm³/mol. The Balaban J connectivity index is 2.34. The van der Waals surface area contributed by atoms with E-state index in [1.165, 1.54) is 0 Å². The highest BCUT2D eigenvalue weighted by Crippen LogP contribution is 2.24. The van der Waals surface area contributed by atoms with Crippen LogP contribution in [0.25, 0.3) is 0 Å². The maximum atomic E-state index is 12.6. The fraction of sp³-hybridized carbons (Fsp3) is 0.250. The van der Waals surface area contributed by atoms with Gasteiger partial charge in [0, 0.05) is 10.5 Å². The summed E-state index contributed by atoms with van der Waals surface area (Å²) in [7, 11) is -3.56. The van der Waals surface area contributed by atoms with Crippen molar-refractivity contribution < 1.29 is 8.42 Å². The van der Waals surface area contributed by atoms with Gasteiger partial charge in [-0.25, -0.2) is 13.1 Å². The van der Waals surface area contributed by atoms with E-state index in [1.54, 1.807) is 19.1 Å². The van der Waals surface area contributed by atoms with Gasteiger partial charge in [-0.2, -0.15) is 0 Å². The molecule has 5 heteroatoms. The van der Waals surface area contributed by atoms with Crippen molar-refractivity contribution in [2.24, 2.45) is 0 Å². The molecule has 2 aromatic rings. The molecule has 0 aromatic heterocycles. The van der Waals surface area contributed by atoms with Crippen LogP contribution < -0.4 is 4.72 Å². The molecule has 0 radical (unpaired) electrons. The van der Waals surface area contributed by atoms with Crippen molar-refractivity contribution in [1.29, 1.82) is 0 Å². The van der Waals surface area contributed by atoms with Gasteiger partial charge in [0.15, 0.2) is 0 Å². The molecule has 0 spiro atoms. The maximum absolute atomic E-state index is 12.6. The number of hydrogen-bond donors (Lipinski definition) is 1. The zero-order valence-corrected chi connectivity index (χ0v) is 14.6. The molecule has 0 saturated heterocycles. The average Bonchev–Trinajstić information content (AvgIpc) is 2.41. The third-order valence-corrected chi connectivity index (χ3v) is 5.60. The van der Waals surface area contributed by atoms with Gasteiger partial charge in [0.2, 0.25) is 10.0 Å². The van der Waals surface area contributed by atoms with Crippen LogP contribution in [0.2, 0.25) is 0 Å². The molecule has 112 valence electrons. The van der Waals surface area contributed by atoms with Gasteiger partial charge in [-0.1, -0.05) is 46.3 Å². The predicted octanol–water partition coefficient (Wildman–Crippen LogP) is 4.11. The quantitative estimate of drug-likeness (QED) is 0.883. The van der Waals surface area contributed by atoms with E-state index in [0.717, 1.165) is 21.2 Å². The number of aryl methyl sites for hydroxylation is 2. The van der Waals surface area contributed by atoms with Crippen LogP contribution in [0.4, 0.5) is 0 Å². The molecule has 0 aliphatic heterocycles. The van der Waals surface area contributed by atoms with Crippen LogP contribution in [0, 0.1) is 13.8 Å². The summed E-state index contributed by atoms with van der Waals surface area (Å²) in [5.74, 6) is 0. The molecular formula is C16H18BrNO2S. The van der Waals surface area contributed by atoms with Crippen molar-refractivity contribution in [3.05, 3.63) is 63.6 Å². The molecule has 1 unspecified atom stereocenters. The highest BCUT2D eigenvalue weighted by molar-refractivity contribution is 9.10. The number of hydrogen-bond acceptors (Lipinski definition) is 2. The Morgan fingerprint density at radius 1 is 1.05 bits per heavy atom. The zero-order chi connectivity index (χ0) is 15.6. The number of nitrogens with one attached hydrogen (secondary N) is 1. The first-order valence-electron chi connectivity index (χ1n) is 6.65. The fourth-order valence-corrected chi connectivity index (χ4v) is 4.30. The van der Waals surface area contributed by atoms with E-state index < -0.39 is 10.0 Å². The summed E-state index contributed by atoms with van der Waals surface area (Å²) in [6.45, 7) is 5.62. The summed E-state index contributed by atoms with van der Waals surface area (Å²) < 4.78 is 28.6. The molecule has 0 amide bonds. The van der Waals surface area contributed by atoms with Crippen molar-refractivity contribution in [3.63, 3.8) is 0 Å². The van der Waals surface area contributed by atoms with Crippen LogP contribution in [0.5, 0.6) is 0 Å². The molecule has 1 N–H and O–H groups in total. The number of rotatable bonds is 4. The molecule has 0 aliphatic rings. The molecular weight excluding hydrogens is 350 g/mol. The molecule has 0 saturated carbocycles. The lowest BCUT2D eigenvalue weighted by Gasteiger charge is -2.17. The van der Waals surface area contributed by atoms with Gasteiger partial charge in [0.05, 0.1) is 4.90 Å². The van der Waals surface area contributed by atoms with Gasteiger partial charge < -0.3 is 0 Å². The lowest BCUT2D eigenvalue weighted by molar-refractivity contribution is 0.566. The van der Waals surface area contributed by atoms with Gasteiger partial charge >= 0.3 is 0 Å². The van der Waals surface area contributed by atoms with Gasteiger partial charge in [-0.3, -0.25) is 0 Å². The zero-order valence-electron chi connectivity index (χ0n) is 12.2. The van der Waals surface area contributed by atoms with Crippen molar-refractivity contribution in [2.45, 2.75) is 31.7 Å². The second-order valence-electron chi connectivity index (χ2n) is 5.11. The van der Waals surface area contributed by atoms with Gasteiger partial charge in [0.1, 0.15) is 0 Å². The smallest absolute Gasteiger partial charge is 0.207 e. The minimum Gasteiger partial charge on any atom is -0.207 e. The number of sulfonamides is 1. The molecule has 2 aromatic carbocycles. The summed E-state index contributed by atoms with van der Waals surface area (Å²) in [4.78, 5) is 0.303. The van der Waals surface area contributed by atoms with Gasteiger partial charge in [-0.15, -0.1) is 0 Å². The first-order chi connectivity index (χ1) is 9.81. The third kappa shape index (κ3) is 3.73. The third-order valence-electron chi connectivity index (χ3n) is 3.43. The summed E-state index contributed by atoms with van der Waals surface area (Å²) in [5, 5.41) is 0. The van der Waals surface area contributed by atoms with Crippen molar-refractivity contribution >= 4 is 26.0 Å². The highest BCUT2D eigenvalue weighted by atomic mass is 79.9. The largest absolute Gasteiger partial charge is 0.241 e. The Morgan fingerprint density at radius 3 is 2.38 bits per heavy atom. The second-order valence-corrected chi connectivity index (χ2v) is 7.71. The number of halogens is 1. The Kier molecular flexibility index (Phi) is 4.86. The summed E-state index contributed by atoms with van der Waals surface area (Å²) in [5.41, 5.74) is 2.77. The lowest BCUT2D eigenvalue weighted by Crippen LogP contribution is -2.28. The minimum atomic E-state index is -3.56. The molecule has 1 atom stereocenters. The van der Waals surface area contributed by atoms with E-state index in [4.69, 9.17) is 0 Å². The summed E-state index contributed by atoms with van der Waals surface area (Å²) >= 11 is 3.32. The van der Waals surface area contributed by atoms with Crippen LogP contribution in [-0.4, -0.2) is 8.42 Å². The van der Waals surface area contributed by atoms with Crippen LogP contribution in [0.1, 0.15) is 29.7 Å². The molecule has 21 heavy (non-hydrogen) atoms. The Hall–Kier alpha value is -1.17. The first kappa shape index (κ1) is 16.2. The highest BCUT2D eigenvalue weighted by Gasteiger charge is 2.21. The van der Waals surface area contributed by atoms with Crippen LogP contribution in [0.15, 0.2) is 51.8 Å². The van der Waals surface area contributed by atoms with Crippen LogP contribution in [-0.2, 0) is 10.0 Å². The Bertz CT molecular complexity index is 757. The first-order valence-corrected chi connectivity index (χ1v) is 8.93. The average molecular weight is 368 g/mol. The monoisotopic (exact) mass is 367 g/mol. The van der Waals surface area contributed by atoms with Crippen molar-refractivity contribution in [2.75, 3.05) is 0 Å². The summed E-state index contributed by atoms with van der Waals surface area (Å²) in [6.07, 6.45) is 0. The summed E-state index contributed by atoms with van der Waals surface area (Å²) in [6, 6.07) is 12.7. The van der Waals surface area contributed by atoms with E-state index in [-0.39, 0.29) is 6.04 Å². The van der Waals surface area contributed by atoms with E-state index in [9.17, 15) is 8.42 Å². The van der Waals surface area contributed by atoms with Crippen LogP contribution in [0.3, 0.4) is 0 Å². The molecule has 0 aliphatic carbocycles. The van der Waals surface area contributed by atoms with Crippen LogP contribution >= 0.6 is 15.9 Å². The number of benzene rings is 2. The lowest BCUT2D eigenvalue weighted by atomic mass is 10.0. The SMILES string of the molecule is Cc1ccccc1C(C)NS(=O)(=O)c1cc(Br)ccc1C. The molecule has 0 heterocycles. The fourth-order valence-electron chi connectivity index (χ4n) is 2.30. The standard InChI is InChI=1S/C16H18BrNO2S/c1-11-6-4-5-7-15(11)13(3)18-21(19,20)16-10-14(17)9-8-12(16)2/h4-10,13,18H,1-3H3. The van der Waals surface area contributed by atoms with Crippen molar-refractivity contribution in [3.8, 4) is 0 Å². The second kappa shape index (κ2) is 6.30. The topological polar surface area (TPSA) is 46.2 Å². The van der Waals surface area contributed by atoms with Crippen molar-refractivity contribution in [1.82, 2.24) is 4.72 Å². The van der Waals surface area contributed by atoms with E-state index in [2.05, 4.69) is 20.7 Å². The van der Waals surface area contributed by atoms with Gasteiger partial charge in [-0.05, 0) is 49.6 Å². The van der Waals surface area contributed by atoms with E-state index >= 15 is 0 Å². The molecule has 2 rings (SSSR count). The molecule has 3 nitrogen and oxygen atoms in total. The molecule has 0 bridgehead atoms. The minimum absolute atomic E-state index is 0.283. The maximum Gasteiger partial charge on any atom is 0.241 e. The normalized spacial score (nSPS) is 13.1.